The van der Waals surface area contributed by atoms with E-state index in [1.165, 1.54) is 0 Å². The number of ether oxygens (including phenoxy) is 1. The zero-order chi connectivity index (χ0) is 14.7. The van der Waals surface area contributed by atoms with Crippen molar-refractivity contribution < 1.29 is 17.1 Å². The maximum absolute atomic E-state index is 5.45. The quantitative estimate of drug-likeness (QED) is 0.783. The summed E-state index contributed by atoms with van der Waals surface area (Å²) in [4.78, 5) is 8.95. The molecule has 0 atom stereocenters. The molecule has 0 saturated carbocycles. The Morgan fingerprint density at radius 2 is 1.73 bits per heavy atom. The lowest BCUT2D eigenvalue weighted by atomic mass is 10.2. The molecule has 22 heavy (non-hydrogen) atoms. The van der Waals surface area contributed by atoms with Crippen LogP contribution < -0.4 is 22.5 Å². The third-order valence-electron chi connectivity index (χ3n) is 3.14. The van der Waals surface area contributed by atoms with Crippen molar-refractivity contribution in [3.05, 3.63) is 54.4 Å². The molecule has 2 aromatic carbocycles. The van der Waals surface area contributed by atoms with Crippen LogP contribution in [-0.2, 0) is 0 Å². The number of halogens is 1. The molecule has 3 aromatic rings. The molecule has 0 aliphatic carbocycles. The van der Waals surface area contributed by atoms with Gasteiger partial charge < -0.3 is 22.5 Å². The number of nitrogens with one attached hydrogen (secondary N) is 1. The summed E-state index contributed by atoms with van der Waals surface area (Å²) in [6.45, 7) is 4.54. The summed E-state index contributed by atoms with van der Waals surface area (Å²) in [6.07, 6.45) is 0. The van der Waals surface area contributed by atoms with Gasteiger partial charge in [0.1, 0.15) is 17.4 Å². The highest BCUT2D eigenvalue weighted by atomic mass is 35.5. The molecule has 0 bridgehead atoms. The lowest BCUT2D eigenvalue weighted by Gasteiger charge is -2.10. The van der Waals surface area contributed by atoms with Gasteiger partial charge in [0.25, 0.3) is 0 Å². The van der Waals surface area contributed by atoms with Crippen LogP contribution in [0.25, 0.3) is 10.9 Å². The molecule has 5 heteroatoms. The van der Waals surface area contributed by atoms with Gasteiger partial charge in [-0.3, -0.25) is 0 Å². The van der Waals surface area contributed by atoms with E-state index in [4.69, 9.17) is 4.74 Å². The van der Waals surface area contributed by atoms with Crippen LogP contribution in [0.4, 0.5) is 11.5 Å². The first-order valence-corrected chi connectivity index (χ1v) is 6.99. The molecule has 114 valence electrons. The number of aryl methyl sites for hydroxylation is 1. The van der Waals surface area contributed by atoms with Crippen molar-refractivity contribution in [2.45, 2.75) is 13.8 Å². The second kappa shape index (κ2) is 7.09. The maximum Gasteiger partial charge on any atom is 0.142 e. The molecular formula is C17H17ClN3O-. The van der Waals surface area contributed by atoms with Gasteiger partial charge in [-0.05, 0) is 50.2 Å². The van der Waals surface area contributed by atoms with E-state index in [0.717, 1.165) is 34.0 Å². The second-order valence-corrected chi connectivity index (χ2v) is 4.72. The van der Waals surface area contributed by atoms with Gasteiger partial charge in [-0.1, -0.05) is 12.1 Å². The number of rotatable bonds is 4. The molecule has 0 unspecified atom stereocenters. The van der Waals surface area contributed by atoms with E-state index in [1.54, 1.807) is 0 Å². The summed E-state index contributed by atoms with van der Waals surface area (Å²) < 4.78 is 5.45. The second-order valence-electron chi connectivity index (χ2n) is 4.72. The normalized spacial score (nSPS) is 10.1. The van der Waals surface area contributed by atoms with E-state index in [2.05, 4.69) is 15.3 Å². The van der Waals surface area contributed by atoms with Crippen molar-refractivity contribution in [3.8, 4) is 5.75 Å². The predicted molar refractivity (Wildman–Crippen MR) is 85.2 cm³/mol. The highest BCUT2D eigenvalue weighted by molar-refractivity contribution is 5.90. The van der Waals surface area contributed by atoms with Crippen LogP contribution >= 0.6 is 0 Å². The summed E-state index contributed by atoms with van der Waals surface area (Å²) >= 11 is 0. The van der Waals surface area contributed by atoms with Crippen LogP contribution in [0.5, 0.6) is 5.75 Å². The van der Waals surface area contributed by atoms with Gasteiger partial charge >= 0.3 is 0 Å². The Labute approximate surface area is 136 Å². The fourth-order valence-corrected chi connectivity index (χ4v) is 2.23. The number of hydrogen-bond acceptors (Lipinski definition) is 4. The molecule has 0 radical (unpaired) electrons. The van der Waals surface area contributed by atoms with Crippen LogP contribution in [-0.4, -0.2) is 16.6 Å². The van der Waals surface area contributed by atoms with E-state index in [0.29, 0.717) is 6.61 Å². The fourth-order valence-electron chi connectivity index (χ4n) is 2.23. The van der Waals surface area contributed by atoms with E-state index in [-0.39, 0.29) is 12.4 Å². The predicted octanol–water partition coefficient (Wildman–Crippen LogP) is 1.08. The molecule has 1 N–H and O–H groups in total. The van der Waals surface area contributed by atoms with Crippen molar-refractivity contribution in [1.29, 1.82) is 0 Å². The van der Waals surface area contributed by atoms with Crippen LogP contribution in [0.2, 0.25) is 0 Å². The van der Waals surface area contributed by atoms with Crippen molar-refractivity contribution >= 4 is 22.4 Å². The third kappa shape index (κ3) is 3.46. The topological polar surface area (TPSA) is 47.0 Å². The molecule has 3 rings (SSSR count). The van der Waals surface area contributed by atoms with E-state index in [9.17, 15) is 0 Å². The molecule has 0 aliphatic rings. The zero-order valence-corrected chi connectivity index (χ0v) is 13.3. The van der Waals surface area contributed by atoms with Crippen LogP contribution in [0, 0.1) is 6.92 Å². The smallest absolute Gasteiger partial charge is 0.142 e. The lowest BCUT2D eigenvalue weighted by molar-refractivity contribution is -0.00000503. The van der Waals surface area contributed by atoms with Crippen LogP contribution in [0.1, 0.15) is 12.7 Å². The number of aromatic nitrogens is 2. The highest BCUT2D eigenvalue weighted by Gasteiger charge is 2.05. The largest absolute Gasteiger partial charge is 1.00 e. The summed E-state index contributed by atoms with van der Waals surface area (Å²) in [5.74, 6) is 2.44. The van der Waals surface area contributed by atoms with E-state index in [1.807, 2.05) is 62.4 Å². The molecule has 0 saturated heterocycles. The number of hydrogen-bond donors (Lipinski definition) is 1. The molecule has 0 amide bonds. The summed E-state index contributed by atoms with van der Waals surface area (Å²) in [5, 5.41) is 4.36. The summed E-state index contributed by atoms with van der Waals surface area (Å²) in [7, 11) is 0. The highest BCUT2D eigenvalue weighted by Crippen LogP contribution is 2.24. The van der Waals surface area contributed by atoms with E-state index >= 15 is 0 Å². The Bertz CT molecular complexity index is 759. The van der Waals surface area contributed by atoms with Gasteiger partial charge in [-0.15, -0.1) is 0 Å². The molecule has 1 aromatic heterocycles. The average Bonchev–Trinajstić information content (AvgIpc) is 2.49. The zero-order valence-electron chi connectivity index (χ0n) is 12.5. The summed E-state index contributed by atoms with van der Waals surface area (Å²) in [5.41, 5.74) is 1.92. The Hall–Kier alpha value is -2.33. The third-order valence-corrected chi connectivity index (χ3v) is 3.14. The SMILES string of the molecule is CCOc1ccc(Nc2nc(C)nc3ccccc23)cc1.[Cl-]. The Morgan fingerprint density at radius 1 is 1.00 bits per heavy atom. The van der Waals surface area contributed by atoms with Gasteiger partial charge in [0, 0.05) is 11.1 Å². The Morgan fingerprint density at radius 3 is 2.45 bits per heavy atom. The maximum atomic E-state index is 5.45. The number of nitrogens with zero attached hydrogens (tertiary/aromatic N) is 2. The first-order valence-electron chi connectivity index (χ1n) is 6.99. The van der Waals surface area contributed by atoms with Crippen molar-refractivity contribution in [3.63, 3.8) is 0 Å². The Kier molecular flexibility index (Phi) is 5.17. The standard InChI is InChI=1S/C17H17N3O.ClH/c1-3-21-14-10-8-13(9-11-14)20-17-15-6-4-5-7-16(15)18-12(2)19-17;/h4-11H,3H2,1-2H3,(H,18,19,20);1H/p-1. The first-order chi connectivity index (χ1) is 10.3. The van der Waals surface area contributed by atoms with Gasteiger partial charge in [0.2, 0.25) is 0 Å². The van der Waals surface area contributed by atoms with E-state index < -0.39 is 0 Å². The molecular weight excluding hydrogens is 298 g/mol. The Balaban J connectivity index is 0.00000176. The van der Waals surface area contributed by atoms with Gasteiger partial charge in [0.05, 0.1) is 12.1 Å². The van der Waals surface area contributed by atoms with Gasteiger partial charge in [-0.2, -0.15) is 0 Å². The number of para-hydroxylation sites is 1. The van der Waals surface area contributed by atoms with Crippen LogP contribution in [0.3, 0.4) is 0 Å². The first kappa shape index (κ1) is 16.0. The monoisotopic (exact) mass is 314 g/mol. The van der Waals surface area contributed by atoms with Crippen LogP contribution in [0.15, 0.2) is 48.5 Å². The van der Waals surface area contributed by atoms with Crippen molar-refractivity contribution in [2.24, 2.45) is 0 Å². The number of anilines is 2. The lowest BCUT2D eigenvalue weighted by Crippen LogP contribution is -3.00. The summed E-state index contributed by atoms with van der Waals surface area (Å²) in [6, 6.07) is 15.8. The molecule has 0 fully saturated rings. The van der Waals surface area contributed by atoms with Crippen molar-refractivity contribution in [2.75, 3.05) is 11.9 Å². The molecule has 4 nitrogen and oxygen atoms in total. The van der Waals surface area contributed by atoms with Crippen molar-refractivity contribution in [1.82, 2.24) is 9.97 Å². The average molecular weight is 315 g/mol. The minimum atomic E-state index is 0. The number of benzene rings is 2. The van der Waals surface area contributed by atoms with Gasteiger partial charge in [-0.25, -0.2) is 9.97 Å². The van der Waals surface area contributed by atoms with Gasteiger partial charge in [0.15, 0.2) is 0 Å². The minimum Gasteiger partial charge on any atom is -1.00 e. The molecule has 0 aliphatic heterocycles. The molecule has 1 heterocycles. The fraction of sp³-hybridized carbons (Fsp3) is 0.176. The number of fused-ring (bicyclic) bond motifs is 1. The molecule has 0 spiro atoms. The minimum absolute atomic E-state index is 0.